The van der Waals surface area contributed by atoms with Crippen LogP contribution in [0.15, 0.2) is 64.4 Å². The lowest BCUT2D eigenvalue weighted by molar-refractivity contribution is -0.137. The van der Waals surface area contributed by atoms with E-state index in [2.05, 4.69) is 4.72 Å². The van der Waals surface area contributed by atoms with E-state index in [1.807, 2.05) is 30.3 Å². The van der Waals surface area contributed by atoms with Crippen LogP contribution < -0.4 is 4.72 Å². The predicted octanol–water partition coefficient (Wildman–Crippen LogP) is 3.78. The van der Waals surface area contributed by atoms with Crippen LogP contribution in [0.1, 0.15) is 5.56 Å². The van der Waals surface area contributed by atoms with Gasteiger partial charge in [0.1, 0.15) is 0 Å². The summed E-state index contributed by atoms with van der Waals surface area (Å²) >= 11 is 1.49. The van der Waals surface area contributed by atoms with E-state index in [1.54, 1.807) is 0 Å². The Bertz CT molecular complexity index is 730. The maximum atomic E-state index is 12.5. The van der Waals surface area contributed by atoms with Crippen LogP contribution >= 0.6 is 11.8 Å². The topological polar surface area (TPSA) is 46.2 Å². The standard InChI is InChI=1S/C15H14F3NO2S2/c16-15(17,18)12-6-8-14(9-7-12)23(20,21)19-10-11-22-13-4-2-1-3-5-13/h1-9,19H,10-11H2. The fourth-order valence-corrected chi connectivity index (χ4v) is 3.72. The smallest absolute Gasteiger partial charge is 0.210 e. The molecule has 2 aromatic carbocycles. The highest BCUT2D eigenvalue weighted by molar-refractivity contribution is 7.99. The van der Waals surface area contributed by atoms with Gasteiger partial charge >= 0.3 is 6.18 Å². The molecule has 0 spiro atoms. The van der Waals surface area contributed by atoms with Crippen LogP contribution in [-0.4, -0.2) is 20.7 Å². The molecule has 0 fully saturated rings. The molecule has 0 aliphatic carbocycles. The van der Waals surface area contributed by atoms with Crippen molar-refractivity contribution < 1.29 is 21.6 Å². The van der Waals surface area contributed by atoms with E-state index >= 15 is 0 Å². The maximum Gasteiger partial charge on any atom is 0.416 e. The zero-order chi connectivity index (χ0) is 16.9. The van der Waals surface area contributed by atoms with Gasteiger partial charge < -0.3 is 0 Å². The molecule has 8 heteroatoms. The molecule has 0 saturated heterocycles. The molecule has 0 unspecified atom stereocenters. The molecule has 0 amide bonds. The molecule has 0 saturated carbocycles. The van der Waals surface area contributed by atoms with Gasteiger partial charge in [-0.2, -0.15) is 13.2 Å². The first-order valence-corrected chi connectivity index (χ1v) is 9.11. The van der Waals surface area contributed by atoms with Gasteiger partial charge in [0.05, 0.1) is 10.5 Å². The molecule has 0 atom stereocenters. The lowest BCUT2D eigenvalue weighted by Gasteiger charge is -2.09. The monoisotopic (exact) mass is 361 g/mol. The van der Waals surface area contributed by atoms with Gasteiger partial charge in [-0.3, -0.25) is 0 Å². The summed E-state index contributed by atoms with van der Waals surface area (Å²) in [6.45, 7) is 0.183. The fraction of sp³-hybridized carbons (Fsp3) is 0.200. The Morgan fingerprint density at radius 1 is 0.957 bits per heavy atom. The Labute approximate surface area is 137 Å². The van der Waals surface area contributed by atoms with Crippen molar-refractivity contribution in [3.63, 3.8) is 0 Å². The van der Waals surface area contributed by atoms with Gasteiger partial charge in [0.2, 0.25) is 10.0 Å². The number of thioether (sulfide) groups is 1. The molecule has 0 aliphatic rings. The SMILES string of the molecule is O=S(=O)(NCCSc1ccccc1)c1ccc(C(F)(F)F)cc1. The van der Waals surface area contributed by atoms with Gasteiger partial charge in [-0.1, -0.05) is 18.2 Å². The number of halogens is 3. The summed E-state index contributed by atoms with van der Waals surface area (Å²) in [5, 5.41) is 0. The molecule has 124 valence electrons. The summed E-state index contributed by atoms with van der Waals surface area (Å²) in [5.41, 5.74) is -0.879. The summed E-state index contributed by atoms with van der Waals surface area (Å²) in [6, 6.07) is 12.9. The number of hydrogen-bond acceptors (Lipinski definition) is 3. The van der Waals surface area contributed by atoms with Crippen LogP contribution in [0.25, 0.3) is 0 Å². The molecule has 0 aliphatic heterocycles. The average molecular weight is 361 g/mol. The van der Waals surface area contributed by atoms with Crippen molar-refractivity contribution in [2.45, 2.75) is 16.0 Å². The fourth-order valence-electron chi connectivity index (χ4n) is 1.77. The first-order chi connectivity index (χ1) is 10.8. The van der Waals surface area contributed by atoms with Crippen LogP contribution in [0.5, 0.6) is 0 Å². The van der Waals surface area contributed by atoms with Crippen LogP contribution in [0, 0.1) is 0 Å². The largest absolute Gasteiger partial charge is 0.416 e. The number of hydrogen-bond donors (Lipinski definition) is 1. The van der Waals surface area contributed by atoms with Crippen LogP contribution in [0.3, 0.4) is 0 Å². The van der Waals surface area contributed by atoms with Crippen LogP contribution in [0.2, 0.25) is 0 Å². The van der Waals surface area contributed by atoms with E-state index < -0.39 is 21.8 Å². The Kier molecular flexibility index (Phi) is 5.72. The average Bonchev–Trinajstić information content (AvgIpc) is 2.52. The number of rotatable bonds is 6. The molecular weight excluding hydrogens is 347 g/mol. The number of sulfonamides is 1. The van der Waals surface area contributed by atoms with Gasteiger partial charge in [0.25, 0.3) is 0 Å². The molecule has 0 aromatic heterocycles. The normalized spacial score (nSPS) is 12.3. The lowest BCUT2D eigenvalue weighted by Crippen LogP contribution is -2.26. The second-order valence-corrected chi connectivity index (χ2v) is 7.52. The molecule has 1 N–H and O–H groups in total. The molecule has 0 radical (unpaired) electrons. The van der Waals surface area contributed by atoms with E-state index in [4.69, 9.17) is 0 Å². The van der Waals surface area contributed by atoms with Gasteiger partial charge in [0.15, 0.2) is 0 Å². The summed E-state index contributed by atoms with van der Waals surface area (Å²) in [5.74, 6) is 0.518. The summed E-state index contributed by atoms with van der Waals surface area (Å²) in [6.07, 6.45) is -4.48. The van der Waals surface area contributed by atoms with Gasteiger partial charge in [0, 0.05) is 17.2 Å². The zero-order valence-corrected chi connectivity index (χ0v) is 13.5. The van der Waals surface area contributed by atoms with Gasteiger partial charge in [-0.05, 0) is 36.4 Å². The Morgan fingerprint density at radius 2 is 1.57 bits per heavy atom. The lowest BCUT2D eigenvalue weighted by atomic mass is 10.2. The third kappa shape index (κ3) is 5.26. The minimum Gasteiger partial charge on any atom is -0.210 e. The van der Waals surface area contributed by atoms with Crippen molar-refractivity contribution in [2.75, 3.05) is 12.3 Å². The summed E-state index contributed by atoms with van der Waals surface area (Å²) in [7, 11) is -3.81. The van der Waals surface area contributed by atoms with E-state index in [9.17, 15) is 21.6 Å². The third-order valence-corrected chi connectivity index (χ3v) is 5.39. The van der Waals surface area contributed by atoms with E-state index in [-0.39, 0.29) is 11.4 Å². The minimum absolute atomic E-state index is 0.183. The highest BCUT2D eigenvalue weighted by Crippen LogP contribution is 2.29. The van der Waals surface area contributed by atoms with E-state index in [0.717, 1.165) is 29.2 Å². The Hall–Kier alpha value is -1.51. The van der Waals surface area contributed by atoms with Crippen molar-refractivity contribution in [2.24, 2.45) is 0 Å². The summed E-state index contributed by atoms with van der Waals surface area (Å²) < 4.78 is 63.8. The molecule has 2 rings (SSSR count). The Balaban J connectivity index is 1.91. The molecule has 2 aromatic rings. The number of nitrogens with one attached hydrogen (secondary N) is 1. The molecule has 0 heterocycles. The Morgan fingerprint density at radius 3 is 2.13 bits per heavy atom. The minimum atomic E-state index is -4.48. The summed E-state index contributed by atoms with van der Waals surface area (Å²) in [4.78, 5) is 0.830. The first kappa shape index (κ1) is 17.8. The molecule has 0 bridgehead atoms. The van der Waals surface area contributed by atoms with Crippen molar-refractivity contribution in [3.05, 3.63) is 60.2 Å². The second-order valence-electron chi connectivity index (χ2n) is 4.58. The maximum absolute atomic E-state index is 12.5. The first-order valence-electron chi connectivity index (χ1n) is 6.64. The van der Waals surface area contributed by atoms with Crippen molar-refractivity contribution >= 4 is 21.8 Å². The second kappa shape index (κ2) is 7.37. The molecule has 3 nitrogen and oxygen atoms in total. The third-order valence-electron chi connectivity index (χ3n) is 2.90. The quantitative estimate of drug-likeness (QED) is 0.629. The predicted molar refractivity (Wildman–Crippen MR) is 83.8 cm³/mol. The number of alkyl halides is 3. The van der Waals surface area contributed by atoms with Gasteiger partial charge in [-0.15, -0.1) is 11.8 Å². The van der Waals surface area contributed by atoms with Crippen molar-refractivity contribution in [1.29, 1.82) is 0 Å². The van der Waals surface area contributed by atoms with E-state index in [0.29, 0.717) is 5.75 Å². The highest BCUT2D eigenvalue weighted by Gasteiger charge is 2.30. The number of benzene rings is 2. The zero-order valence-electron chi connectivity index (χ0n) is 11.9. The molecular formula is C15H14F3NO2S2. The van der Waals surface area contributed by atoms with Crippen molar-refractivity contribution in [3.8, 4) is 0 Å². The van der Waals surface area contributed by atoms with Crippen molar-refractivity contribution in [1.82, 2.24) is 4.72 Å². The van der Waals surface area contributed by atoms with Gasteiger partial charge in [-0.25, -0.2) is 13.1 Å². The highest BCUT2D eigenvalue weighted by atomic mass is 32.2. The van der Waals surface area contributed by atoms with Crippen LogP contribution in [-0.2, 0) is 16.2 Å². The van der Waals surface area contributed by atoms with Crippen LogP contribution in [0.4, 0.5) is 13.2 Å². The van der Waals surface area contributed by atoms with E-state index in [1.165, 1.54) is 11.8 Å². The molecule has 23 heavy (non-hydrogen) atoms.